The molecule has 0 N–H and O–H groups in total. The van der Waals surface area contributed by atoms with E-state index in [4.69, 9.17) is 7.85 Å². The average molecular weight is 124 g/mol. The van der Waals surface area contributed by atoms with E-state index in [-0.39, 0.29) is 5.31 Å². The molecule has 52 valence electrons. The van der Waals surface area contributed by atoms with E-state index in [1.165, 1.54) is 19.3 Å². The predicted octanol–water partition coefficient (Wildman–Crippen LogP) is 2.93. The first-order chi connectivity index (χ1) is 4.06. The van der Waals surface area contributed by atoms with Crippen molar-refractivity contribution in [1.82, 2.24) is 0 Å². The largest absolute Gasteiger partial charge is 0.0738 e. The molecule has 0 saturated carbocycles. The van der Waals surface area contributed by atoms with Gasteiger partial charge in [0.2, 0.25) is 0 Å². The second-order valence-electron chi connectivity index (χ2n) is 3.45. The topological polar surface area (TPSA) is 0 Å². The predicted molar refractivity (Wildman–Crippen MR) is 43.9 cm³/mol. The van der Waals surface area contributed by atoms with Crippen molar-refractivity contribution in [1.29, 1.82) is 0 Å². The van der Waals surface area contributed by atoms with Crippen molar-refractivity contribution in [2.75, 3.05) is 0 Å². The molecule has 0 aromatic rings. The molecular weight excluding hydrogens is 107 g/mol. The van der Waals surface area contributed by atoms with Crippen LogP contribution >= 0.6 is 0 Å². The maximum absolute atomic E-state index is 5.78. The van der Waals surface area contributed by atoms with Crippen LogP contribution in [0.4, 0.5) is 0 Å². The SMILES string of the molecule is [B]C(C)(C)CCCCC. The van der Waals surface area contributed by atoms with E-state index in [0.717, 1.165) is 6.42 Å². The van der Waals surface area contributed by atoms with Crippen molar-refractivity contribution in [3.63, 3.8) is 0 Å². The fraction of sp³-hybridized carbons (Fsp3) is 1.00. The molecule has 0 unspecified atom stereocenters. The first-order valence-corrected chi connectivity index (χ1v) is 3.85. The molecule has 0 fully saturated rings. The van der Waals surface area contributed by atoms with Crippen LogP contribution in [-0.4, -0.2) is 7.85 Å². The molecule has 0 heterocycles. The van der Waals surface area contributed by atoms with E-state index in [0.29, 0.717) is 0 Å². The monoisotopic (exact) mass is 124 g/mol. The molecule has 2 radical (unpaired) electrons. The van der Waals surface area contributed by atoms with Crippen molar-refractivity contribution >= 4 is 7.85 Å². The molecule has 0 aliphatic heterocycles. The summed E-state index contributed by atoms with van der Waals surface area (Å²) in [4.78, 5) is 0. The van der Waals surface area contributed by atoms with Gasteiger partial charge < -0.3 is 0 Å². The number of rotatable bonds is 4. The van der Waals surface area contributed by atoms with Crippen molar-refractivity contribution in [2.45, 2.75) is 51.8 Å². The Balaban J connectivity index is 3.07. The highest BCUT2D eigenvalue weighted by Gasteiger charge is 2.07. The van der Waals surface area contributed by atoms with Gasteiger partial charge in [0, 0.05) is 0 Å². The molecule has 0 saturated heterocycles. The van der Waals surface area contributed by atoms with E-state index in [1.54, 1.807) is 0 Å². The molecule has 0 bridgehead atoms. The van der Waals surface area contributed by atoms with Crippen LogP contribution in [0.25, 0.3) is 0 Å². The molecular formula is C8H17B. The van der Waals surface area contributed by atoms with Gasteiger partial charge in [-0.1, -0.05) is 51.8 Å². The Labute approximate surface area is 60.4 Å². The Kier molecular flexibility index (Phi) is 4.00. The zero-order valence-corrected chi connectivity index (χ0v) is 6.91. The zero-order chi connectivity index (χ0) is 7.33. The van der Waals surface area contributed by atoms with E-state index >= 15 is 0 Å². The number of unbranched alkanes of at least 4 members (excludes halogenated alkanes) is 2. The summed E-state index contributed by atoms with van der Waals surface area (Å²) in [5.74, 6) is 0. The van der Waals surface area contributed by atoms with Gasteiger partial charge in [-0.25, -0.2) is 0 Å². The van der Waals surface area contributed by atoms with Gasteiger partial charge in [-0.2, -0.15) is 0 Å². The second kappa shape index (κ2) is 3.97. The van der Waals surface area contributed by atoms with Gasteiger partial charge in [0.15, 0.2) is 0 Å². The van der Waals surface area contributed by atoms with Crippen LogP contribution in [0.1, 0.15) is 46.5 Å². The lowest BCUT2D eigenvalue weighted by molar-refractivity contribution is 0.554. The highest BCUT2D eigenvalue weighted by molar-refractivity contribution is 6.14. The zero-order valence-electron chi connectivity index (χ0n) is 6.91. The molecule has 0 spiro atoms. The fourth-order valence-corrected chi connectivity index (χ4v) is 0.831. The summed E-state index contributed by atoms with van der Waals surface area (Å²) < 4.78 is 0. The fourth-order valence-electron chi connectivity index (χ4n) is 0.831. The standard InChI is InChI=1S/C8H17B/c1-4-5-6-7-8(2,3)9/h4-7H2,1-3H3. The van der Waals surface area contributed by atoms with Crippen LogP contribution in [0.2, 0.25) is 5.31 Å². The smallest absolute Gasteiger partial charge is 0.0716 e. The number of hydrogen-bond donors (Lipinski definition) is 0. The van der Waals surface area contributed by atoms with Gasteiger partial charge in [-0.15, -0.1) is 0 Å². The minimum Gasteiger partial charge on any atom is -0.0716 e. The molecule has 0 amide bonds. The van der Waals surface area contributed by atoms with E-state index in [1.807, 2.05) is 0 Å². The Bertz CT molecular complexity index is 61.5. The van der Waals surface area contributed by atoms with Crippen LogP contribution in [0.15, 0.2) is 0 Å². The first-order valence-electron chi connectivity index (χ1n) is 3.85. The molecule has 0 atom stereocenters. The van der Waals surface area contributed by atoms with E-state index < -0.39 is 0 Å². The summed E-state index contributed by atoms with van der Waals surface area (Å²) in [5.41, 5.74) is 0. The summed E-state index contributed by atoms with van der Waals surface area (Å²) in [5, 5.41) is 0.0508. The molecule has 0 nitrogen and oxygen atoms in total. The quantitative estimate of drug-likeness (QED) is 0.399. The van der Waals surface area contributed by atoms with E-state index in [2.05, 4.69) is 20.8 Å². The van der Waals surface area contributed by atoms with Crippen molar-refractivity contribution in [3.05, 3.63) is 0 Å². The van der Waals surface area contributed by atoms with Gasteiger partial charge >= 0.3 is 0 Å². The van der Waals surface area contributed by atoms with Gasteiger partial charge in [0.05, 0.1) is 7.85 Å². The van der Waals surface area contributed by atoms with Gasteiger partial charge in [0.1, 0.15) is 0 Å². The van der Waals surface area contributed by atoms with Gasteiger partial charge in [-0.05, 0) is 0 Å². The maximum Gasteiger partial charge on any atom is 0.0738 e. The van der Waals surface area contributed by atoms with Gasteiger partial charge in [-0.3, -0.25) is 0 Å². The minimum absolute atomic E-state index is 0.0508. The Morgan fingerprint density at radius 3 is 2.11 bits per heavy atom. The lowest BCUT2D eigenvalue weighted by Gasteiger charge is -2.17. The molecule has 1 heteroatoms. The lowest BCUT2D eigenvalue weighted by Crippen LogP contribution is -2.00. The Morgan fingerprint density at radius 1 is 1.22 bits per heavy atom. The maximum atomic E-state index is 5.78. The third kappa shape index (κ3) is 8.06. The van der Waals surface area contributed by atoms with Crippen molar-refractivity contribution < 1.29 is 0 Å². The van der Waals surface area contributed by atoms with Crippen LogP contribution < -0.4 is 0 Å². The summed E-state index contributed by atoms with van der Waals surface area (Å²) in [6.45, 7) is 6.38. The molecule has 0 aliphatic rings. The van der Waals surface area contributed by atoms with Crippen molar-refractivity contribution in [2.24, 2.45) is 0 Å². The summed E-state index contributed by atoms with van der Waals surface area (Å²) >= 11 is 0. The minimum atomic E-state index is 0.0508. The van der Waals surface area contributed by atoms with E-state index in [9.17, 15) is 0 Å². The molecule has 0 aromatic heterocycles. The Morgan fingerprint density at radius 2 is 1.78 bits per heavy atom. The van der Waals surface area contributed by atoms with Gasteiger partial charge in [0.25, 0.3) is 0 Å². The van der Waals surface area contributed by atoms with Crippen LogP contribution in [0, 0.1) is 0 Å². The second-order valence-corrected chi connectivity index (χ2v) is 3.45. The number of hydrogen-bond acceptors (Lipinski definition) is 0. The Hall–Kier alpha value is 0.0649. The lowest BCUT2D eigenvalue weighted by atomic mass is 9.69. The normalized spacial score (nSPS) is 11.9. The highest BCUT2D eigenvalue weighted by atomic mass is 14.1. The summed E-state index contributed by atoms with van der Waals surface area (Å²) in [6, 6.07) is 0. The molecule has 9 heavy (non-hydrogen) atoms. The molecule has 0 aliphatic carbocycles. The van der Waals surface area contributed by atoms with Crippen LogP contribution in [-0.2, 0) is 0 Å². The average Bonchev–Trinajstić information content (AvgIpc) is 1.63. The molecule has 0 aromatic carbocycles. The first kappa shape index (κ1) is 9.06. The third-order valence-corrected chi connectivity index (χ3v) is 1.42. The van der Waals surface area contributed by atoms with Crippen LogP contribution in [0.5, 0.6) is 0 Å². The third-order valence-electron chi connectivity index (χ3n) is 1.42. The summed E-state index contributed by atoms with van der Waals surface area (Å²) in [7, 11) is 5.78. The highest BCUT2D eigenvalue weighted by Crippen LogP contribution is 2.26. The van der Waals surface area contributed by atoms with Crippen molar-refractivity contribution in [3.8, 4) is 0 Å². The van der Waals surface area contributed by atoms with Crippen LogP contribution in [0.3, 0.4) is 0 Å². The molecule has 0 rings (SSSR count). The summed E-state index contributed by atoms with van der Waals surface area (Å²) in [6.07, 6.45) is 5.04.